The molecule has 118 valence electrons. The van der Waals surface area contributed by atoms with Gasteiger partial charge in [0.05, 0.1) is 24.0 Å². The number of anilines is 1. The van der Waals surface area contributed by atoms with Gasteiger partial charge in [0.25, 0.3) is 5.56 Å². The minimum absolute atomic E-state index is 0.0736. The van der Waals surface area contributed by atoms with E-state index >= 15 is 0 Å². The van der Waals surface area contributed by atoms with Gasteiger partial charge >= 0.3 is 0 Å². The van der Waals surface area contributed by atoms with Crippen LogP contribution in [-0.4, -0.2) is 27.0 Å². The Morgan fingerprint density at radius 2 is 2.19 bits per heavy atom. The normalized spacial score (nSPS) is 25.8. The van der Waals surface area contributed by atoms with E-state index in [1.54, 1.807) is 6.20 Å². The highest BCUT2D eigenvalue weighted by Crippen LogP contribution is 2.35. The van der Waals surface area contributed by atoms with Crippen LogP contribution in [0.2, 0.25) is 0 Å². The number of aliphatic hydroxyl groups excluding tert-OH is 1. The SMILES string of the molecule is CCCn1ncc(NC2(CO)CCC(C)CC2)c(Br)c1=O. The highest BCUT2D eigenvalue weighted by molar-refractivity contribution is 9.10. The van der Waals surface area contributed by atoms with Gasteiger partial charge in [-0.15, -0.1) is 0 Å². The van der Waals surface area contributed by atoms with Crippen molar-refractivity contribution in [1.29, 1.82) is 0 Å². The standard InChI is InChI=1S/C15H24BrN3O2/c1-3-8-19-14(21)13(16)12(9-17-19)18-15(10-20)6-4-11(2)5-7-15/h9,11,18,20H,3-8,10H2,1-2H3. The Balaban J connectivity index is 2.22. The van der Waals surface area contributed by atoms with Crippen LogP contribution in [0.15, 0.2) is 15.5 Å². The molecule has 6 heteroatoms. The molecule has 0 unspecified atom stereocenters. The van der Waals surface area contributed by atoms with Crippen LogP contribution in [-0.2, 0) is 6.54 Å². The van der Waals surface area contributed by atoms with Crippen LogP contribution in [0.5, 0.6) is 0 Å². The Bertz CT molecular complexity index is 536. The van der Waals surface area contributed by atoms with Crippen molar-refractivity contribution in [2.24, 2.45) is 5.92 Å². The lowest BCUT2D eigenvalue weighted by atomic mass is 9.77. The third-order valence-corrected chi connectivity index (χ3v) is 5.12. The molecule has 1 saturated carbocycles. The molecule has 0 bridgehead atoms. The van der Waals surface area contributed by atoms with Gasteiger partial charge in [0, 0.05) is 6.54 Å². The number of nitrogens with zero attached hydrogens (tertiary/aromatic N) is 2. The van der Waals surface area contributed by atoms with E-state index in [0.29, 0.717) is 22.6 Å². The van der Waals surface area contributed by atoms with E-state index < -0.39 is 0 Å². The van der Waals surface area contributed by atoms with Crippen molar-refractivity contribution in [3.05, 3.63) is 21.0 Å². The van der Waals surface area contributed by atoms with Gasteiger partial charge in [-0.25, -0.2) is 4.68 Å². The van der Waals surface area contributed by atoms with Gasteiger partial charge < -0.3 is 10.4 Å². The molecule has 2 N–H and O–H groups in total. The van der Waals surface area contributed by atoms with Gasteiger partial charge in [0.15, 0.2) is 0 Å². The summed E-state index contributed by atoms with van der Waals surface area (Å²) in [5, 5.41) is 17.4. The number of rotatable bonds is 5. The zero-order valence-electron chi connectivity index (χ0n) is 12.7. The van der Waals surface area contributed by atoms with E-state index in [2.05, 4.69) is 33.3 Å². The molecule has 0 radical (unpaired) electrons. The summed E-state index contributed by atoms with van der Waals surface area (Å²) in [5.74, 6) is 0.700. The van der Waals surface area contributed by atoms with Crippen LogP contribution in [0, 0.1) is 5.92 Å². The van der Waals surface area contributed by atoms with Crippen LogP contribution in [0.1, 0.15) is 46.0 Å². The van der Waals surface area contributed by atoms with Crippen LogP contribution in [0.4, 0.5) is 5.69 Å². The first-order chi connectivity index (χ1) is 10.0. The second kappa shape index (κ2) is 6.92. The maximum Gasteiger partial charge on any atom is 0.283 e. The molecule has 1 aliphatic rings. The summed E-state index contributed by atoms with van der Waals surface area (Å²) in [6, 6.07) is 0. The molecule has 1 aromatic heterocycles. The largest absolute Gasteiger partial charge is 0.394 e. The molecular weight excluding hydrogens is 334 g/mol. The molecule has 0 amide bonds. The molecule has 1 heterocycles. The lowest BCUT2D eigenvalue weighted by molar-refractivity contribution is 0.155. The fourth-order valence-electron chi connectivity index (χ4n) is 2.85. The summed E-state index contributed by atoms with van der Waals surface area (Å²) in [4.78, 5) is 12.2. The second-order valence-corrected chi connectivity index (χ2v) is 6.94. The van der Waals surface area contributed by atoms with E-state index in [0.717, 1.165) is 32.1 Å². The monoisotopic (exact) mass is 357 g/mol. The summed E-state index contributed by atoms with van der Waals surface area (Å²) in [6.07, 6.45) is 6.54. The smallest absolute Gasteiger partial charge is 0.283 e. The van der Waals surface area contributed by atoms with Gasteiger partial charge in [-0.3, -0.25) is 4.79 Å². The van der Waals surface area contributed by atoms with Crippen molar-refractivity contribution in [3.8, 4) is 0 Å². The fraction of sp³-hybridized carbons (Fsp3) is 0.733. The Morgan fingerprint density at radius 1 is 1.52 bits per heavy atom. The summed E-state index contributed by atoms with van der Waals surface area (Å²) < 4.78 is 1.96. The Labute approximate surface area is 133 Å². The van der Waals surface area contributed by atoms with Crippen molar-refractivity contribution in [1.82, 2.24) is 9.78 Å². The average Bonchev–Trinajstić information content (AvgIpc) is 2.49. The maximum absolute atomic E-state index is 12.2. The first-order valence-corrected chi connectivity index (χ1v) is 8.45. The minimum Gasteiger partial charge on any atom is -0.394 e. The van der Waals surface area contributed by atoms with Crippen LogP contribution in [0.25, 0.3) is 0 Å². The number of aryl methyl sites for hydroxylation is 1. The van der Waals surface area contributed by atoms with E-state index in [9.17, 15) is 9.90 Å². The highest BCUT2D eigenvalue weighted by atomic mass is 79.9. The molecule has 1 fully saturated rings. The van der Waals surface area contributed by atoms with Crippen LogP contribution in [0.3, 0.4) is 0 Å². The quantitative estimate of drug-likeness (QED) is 0.850. The summed E-state index contributed by atoms with van der Waals surface area (Å²) >= 11 is 3.38. The van der Waals surface area contributed by atoms with E-state index in [-0.39, 0.29) is 17.7 Å². The van der Waals surface area contributed by atoms with Gasteiger partial charge in [-0.1, -0.05) is 13.8 Å². The van der Waals surface area contributed by atoms with Gasteiger partial charge in [0.2, 0.25) is 0 Å². The molecule has 21 heavy (non-hydrogen) atoms. The number of halogens is 1. The van der Waals surface area contributed by atoms with Gasteiger partial charge in [0.1, 0.15) is 4.47 Å². The van der Waals surface area contributed by atoms with Crippen molar-refractivity contribution in [3.63, 3.8) is 0 Å². The molecule has 1 aromatic rings. The number of aliphatic hydroxyl groups is 1. The van der Waals surface area contributed by atoms with Crippen molar-refractivity contribution in [2.75, 3.05) is 11.9 Å². The van der Waals surface area contributed by atoms with E-state index in [1.807, 2.05) is 6.92 Å². The van der Waals surface area contributed by atoms with Crippen molar-refractivity contribution < 1.29 is 5.11 Å². The molecule has 2 rings (SSSR count). The molecule has 0 aromatic carbocycles. The Kier molecular flexibility index (Phi) is 5.43. The van der Waals surface area contributed by atoms with Crippen LogP contribution < -0.4 is 10.9 Å². The average molecular weight is 358 g/mol. The number of hydrogen-bond donors (Lipinski definition) is 2. The zero-order valence-corrected chi connectivity index (χ0v) is 14.3. The predicted octanol–water partition coefficient (Wildman–Crippen LogP) is 2.77. The second-order valence-electron chi connectivity index (χ2n) is 6.15. The zero-order chi connectivity index (χ0) is 15.5. The summed E-state index contributed by atoms with van der Waals surface area (Å²) in [5.41, 5.74) is 0.218. The molecule has 0 aliphatic heterocycles. The molecule has 0 saturated heterocycles. The van der Waals surface area contributed by atoms with Gasteiger partial charge in [-0.2, -0.15) is 5.10 Å². The number of aromatic nitrogens is 2. The molecule has 0 spiro atoms. The Morgan fingerprint density at radius 3 is 2.76 bits per heavy atom. The van der Waals surface area contributed by atoms with E-state index in [4.69, 9.17) is 0 Å². The fourth-order valence-corrected chi connectivity index (χ4v) is 3.25. The van der Waals surface area contributed by atoms with Crippen molar-refractivity contribution in [2.45, 2.75) is 58.0 Å². The molecule has 0 atom stereocenters. The first-order valence-electron chi connectivity index (χ1n) is 7.66. The Hall–Kier alpha value is -0.880. The van der Waals surface area contributed by atoms with E-state index in [1.165, 1.54) is 4.68 Å². The summed E-state index contributed by atoms with van der Waals surface area (Å²) in [7, 11) is 0. The van der Waals surface area contributed by atoms with Gasteiger partial charge in [-0.05, 0) is 54.0 Å². The third-order valence-electron chi connectivity index (χ3n) is 4.35. The molecule has 1 aliphatic carbocycles. The lowest BCUT2D eigenvalue weighted by Crippen LogP contribution is -2.45. The highest BCUT2D eigenvalue weighted by Gasteiger charge is 2.34. The maximum atomic E-state index is 12.2. The molecule has 5 nitrogen and oxygen atoms in total. The molecular formula is C15H24BrN3O2. The minimum atomic E-state index is -0.333. The third kappa shape index (κ3) is 3.66. The number of nitrogens with one attached hydrogen (secondary N) is 1. The first kappa shape index (κ1) is 16.5. The summed E-state index contributed by atoms with van der Waals surface area (Å²) in [6.45, 7) is 4.94. The van der Waals surface area contributed by atoms with Crippen molar-refractivity contribution >= 4 is 21.6 Å². The number of hydrogen-bond acceptors (Lipinski definition) is 4. The van der Waals surface area contributed by atoms with Crippen LogP contribution >= 0.6 is 15.9 Å². The topological polar surface area (TPSA) is 67.2 Å². The lowest BCUT2D eigenvalue weighted by Gasteiger charge is -2.39. The predicted molar refractivity (Wildman–Crippen MR) is 87.6 cm³/mol.